The van der Waals surface area contributed by atoms with E-state index in [1.807, 2.05) is 20.0 Å². The number of benzene rings is 1. The summed E-state index contributed by atoms with van der Waals surface area (Å²) in [5.74, 6) is -0.0304. The molecule has 6 nitrogen and oxygen atoms in total. The Bertz CT molecular complexity index is 981. The maximum Gasteiger partial charge on any atom is 0.252 e. The summed E-state index contributed by atoms with van der Waals surface area (Å²) in [5, 5.41) is 8.31. The van der Waals surface area contributed by atoms with Crippen LogP contribution in [0.1, 0.15) is 41.4 Å². The molecule has 1 N–H and O–H groups in total. The van der Waals surface area contributed by atoms with Crippen LogP contribution in [0.2, 0.25) is 0 Å². The molecule has 0 aliphatic carbocycles. The van der Waals surface area contributed by atoms with E-state index in [0.717, 1.165) is 42.7 Å². The van der Waals surface area contributed by atoms with Gasteiger partial charge < -0.3 is 5.32 Å². The van der Waals surface area contributed by atoms with Crippen LogP contribution in [0.15, 0.2) is 42.6 Å². The summed E-state index contributed by atoms with van der Waals surface area (Å²) in [6.07, 6.45) is 3.64. The first-order valence-corrected chi connectivity index (χ1v) is 9.89. The monoisotopic (exact) mass is 377 g/mol. The third-order valence-corrected chi connectivity index (χ3v) is 5.66. The summed E-state index contributed by atoms with van der Waals surface area (Å²) >= 11 is 0. The molecule has 3 aromatic rings. The second-order valence-corrected chi connectivity index (χ2v) is 7.82. The molecule has 3 heterocycles. The van der Waals surface area contributed by atoms with Gasteiger partial charge in [-0.2, -0.15) is 5.10 Å². The van der Waals surface area contributed by atoms with Crippen molar-refractivity contribution in [2.45, 2.75) is 45.3 Å². The van der Waals surface area contributed by atoms with Gasteiger partial charge in [0.2, 0.25) is 0 Å². The molecule has 2 atom stereocenters. The number of hydrogen-bond acceptors (Lipinski definition) is 4. The van der Waals surface area contributed by atoms with Crippen LogP contribution in [-0.4, -0.2) is 44.2 Å². The Morgan fingerprint density at radius 1 is 1.29 bits per heavy atom. The smallest absolute Gasteiger partial charge is 0.252 e. The van der Waals surface area contributed by atoms with E-state index in [4.69, 9.17) is 0 Å². The van der Waals surface area contributed by atoms with Gasteiger partial charge in [-0.25, -0.2) is 4.98 Å². The number of hydrogen-bond donors (Lipinski definition) is 1. The third-order valence-electron chi connectivity index (χ3n) is 5.66. The minimum atomic E-state index is -0.0304. The fourth-order valence-corrected chi connectivity index (χ4v) is 4.10. The molecule has 0 bridgehead atoms. The first-order valence-electron chi connectivity index (χ1n) is 9.89. The second-order valence-electron chi connectivity index (χ2n) is 7.82. The zero-order valence-corrected chi connectivity index (χ0v) is 16.7. The topological polar surface area (TPSA) is 63.1 Å². The molecule has 4 rings (SSSR count). The highest BCUT2D eigenvalue weighted by Gasteiger charge is 2.27. The fraction of sp³-hybridized carbons (Fsp3) is 0.409. The number of nitrogens with zero attached hydrogens (tertiary/aromatic N) is 4. The molecule has 1 aliphatic heterocycles. The van der Waals surface area contributed by atoms with E-state index in [1.54, 1.807) is 10.9 Å². The van der Waals surface area contributed by atoms with Gasteiger partial charge in [-0.1, -0.05) is 30.3 Å². The third kappa shape index (κ3) is 3.78. The normalized spacial score (nSPS) is 20.4. The number of rotatable bonds is 4. The number of piperidine rings is 1. The Labute approximate surface area is 165 Å². The number of nitrogens with one attached hydrogen (secondary N) is 1. The Morgan fingerprint density at radius 2 is 2.07 bits per heavy atom. The van der Waals surface area contributed by atoms with Crippen molar-refractivity contribution in [1.29, 1.82) is 0 Å². The Kier molecular flexibility index (Phi) is 5.13. The SMILES string of the molecule is Cc1cc(C(=O)N[C@H]2CCN(Cc3ccccc3)[C@@H](C)C2)c2cnn(C)c2n1. The number of pyridine rings is 1. The van der Waals surface area contributed by atoms with Crippen molar-refractivity contribution in [3.8, 4) is 0 Å². The van der Waals surface area contributed by atoms with Crippen molar-refractivity contribution in [2.75, 3.05) is 6.54 Å². The van der Waals surface area contributed by atoms with Crippen molar-refractivity contribution < 1.29 is 4.79 Å². The lowest BCUT2D eigenvalue weighted by Crippen LogP contribution is -2.48. The van der Waals surface area contributed by atoms with Gasteiger partial charge in [0.15, 0.2) is 5.65 Å². The highest BCUT2D eigenvalue weighted by molar-refractivity contribution is 6.05. The zero-order chi connectivity index (χ0) is 19.7. The van der Waals surface area contributed by atoms with Crippen molar-refractivity contribution in [3.05, 3.63) is 59.4 Å². The standard InChI is InChI=1S/C22H27N5O/c1-15-11-19(20-13-23-26(3)21(20)24-15)22(28)25-18-9-10-27(16(2)12-18)14-17-7-5-4-6-8-17/h4-8,11,13,16,18H,9-10,12,14H2,1-3H3,(H,25,28)/t16-,18-/m0/s1. The summed E-state index contributed by atoms with van der Waals surface area (Å²) < 4.78 is 1.71. The quantitative estimate of drug-likeness (QED) is 0.759. The van der Waals surface area contributed by atoms with Crippen molar-refractivity contribution >= 4 is 16.9 Å². The molecule has 6 heteroatoms. The molecule has 1 aromatic carbocycles. The van der Waals surface area contributed by atoms with Gasteiger partial charge in [-0.05, 0) is 38.3 Å². The molecule has 146 valence electrons. The largest absolute Gasteiger partial charge is 0.349 e. The molecule has 0 saturated carbocycles. The number of fused-ring (bicyclic) bond motifs is 1. The summed E-state index contributed by atoms with van der Waals surface area (Å²) in [5.41, 5.74) is 3.57. The molecular formula is C22H27N5O. The lowest BCUT2D eigenvalue weighted by molar-refractivity contribution is 0.0868. The van der Waals surface area contributed by atoms with E-state index in [2.05, 4.69) is 57.6 Å². The van der Waals surface area contributed by atoms with Crippen molar-refractivity contribution in [2.24, 2.45) is 7.05 Å². The Morgan fingerprint density at radius 3 is 2.82 bits per heavy atom. The molecule has 1 fully saturated rings. The summed E-state index contributed by atoms with van der Waals surface area (Å²) in [6.45, 7) is 6.10. The molecule has 0 unspecified atom stereocenters. The van der Waals surface area contributed by atoms with Crippen LogP contribution >= 0.6 is 0 Å². The van der Waals surface area contributed by atoms with E-state index < -0.39 is 0 Å². The van der Waals surface area contributed by atoms with Gasteiger partial charge in [-0.15, -0.1) is 0 Å². The lowest BCUT2D eigenvalue weighted by Gasteiger charge is -2.38. The van der Waals surface area contributed by atoms with Crippen LogP contribution in [0.4, 0.5) is 0 Å². The van der Waals surface area contributed by atoms with Gasteiger partial charge in [0, 0.05) is 37.9 Å². The van der Waals surface area contributed by atoms with Gasteiger partial charge >= 0.3 is 0 Å². The number of carbonyl (C=O) groups excluding carboxylic acids is 1. The molecule has 0 spiro atoms. The van der Waals surface area contributed by atoms with Crippen LogP contribution in [0.3, 0.4) is 0 Å². The average molecular weight is 377 g/mol. The number of aromatic nitrogens is 3. The first-order chi connectivity index (χ1) is 13.5. The summed E-state index contributed by atoms with van der Waals surface area (Å²) in [6, 6.07) is 13.0. The molecule has 1 amide bonds. The van der Waals surface area contributed by atoms with Crippen LogP contribution in [0.5, 0.6) is 0 Å². The molecule has 1 aliphatic rings. The predicted octanol–water partition coefficient (Wildman–Crippen LogP) is 3.06. The predicted molar refractivity (Wildman–Crippen MR) is 110 cm³/mol. The van der Waals surface area contributed by atoms with Gasteiger partial charge in [0.25, 0.3) is 5.91 Å². The maximum atomic E-state index is 13.0. The van der Waals surface area contributed by atoms with Crippen LogP contribution in [-0.2, 0) is 13.6 Å². The maximum absolute atomic E-state index is 13.0. The molecule has 2 aromatic heterocycles. The Balaban J connectivity index is 1.43. The van der Waals surface area contributed by atoms with E-state index in [0.29, 0.717) is 11.6 Å². The van der Waals surface area contributed by atoms with Crippen molar-refractivity contribution in [3.63, 3.8) is 0 Å². The van der Waals surface area contributed by atoms with Gasteiger partial charge in [0.1, 0.15) is 0 Å². The van der Waals surface area contributed by atoms with Gasteiger partial charge in [-0.3, -0.25) is 14.4 Å². The summed E-state index contributed by atoms with van der Waals surface area (Å²) in [4.78, 5) is 20.0. The van der Waals surface area contributed by atoms with Gasteiger partial charge in [0.05, 0.1) is 17.1 Å². The zero-order valence-electron chi connectivity index (χ0n) is 16.7. The van der Waals surface area contributed by atoms with Crippen molar-refractivity contribution in [1.82, 2.24) is 25.0 Å². The Hall–Kier alpha value is -2.73. The fourth-order valence-electron chi connectivity index (χ4n) is 4.10. The number of likely N-dealkylation sites (tertiary alicyclic amines) is 1. The molecule has 0 radical (unpaired) electrons. The van der Waals surface area contributed by atoms with Crippen LogP contribution in [0.25, 0.3) is 11.0 Å². The van der Waals surface area contributed by atoms with Crippen LogP contribution < -0.4 is 5.32 Å². The van der Waals surface area contributed by atoms with E-state index in [1.165, 1.54) is 5.56 Å². The minimum Gasteiger partial charge on any atom is -0.349 e. The number of amides is 1. The number of carbonyl (C=O) groups is 1. The minimum absolute atomic E-state index is 0.0304. The van der Waals surface area contributed by atoms with E-state index in [9.17, 15) is 4.79 Å². The molecular weight excluding hydrogens is 350 g/mol. The second kappa shape index (κ2) is 7.72. The average Bonchev–Trinajstić information content (AvgIpc) is 3.05. The highest BCUT2D eigenvalue weighted by Crippen LogP contribution is 2.22. The lowest BCUT2D eigenvalue weighted by atomic mass is 9.97. The van der Waals surface area contributed by atoms with E-state index >= 15 is 0 Å². The molecule has 28 heavy (non-hydrogen) atoms. The van der Waals surface area contributed by atoms with Crippen LogP contribution in [0, 0.1) is 6.92 Å². The summed E-state index contributed by atoms with van der Waals surface area (Å²) in [7, 11) is 1.85. The highest BCUT2D eigenvalue weighted by atomic mass is 16.1. The molecule has 1 saturated heterocycles. The number of aryl methyl sites for hydroxylation is 2. The first kappa shape index (κ1) is 18.6. The van der Waals surface area contributed by atoms with E-state index in [-0.39, 0.29) is 11.9 Å².